The predicted octanol–water partition coefficient (Wildman–Crippen LogP) is 4.30. The fourth-order valence-corrected chi connectivity index (χ4v) is 4.49. The highest BCUT2D eigenvalue weighted by molar-refractivity contribution is 6.33. The number of imidazole rings is 1. The summed E-state index contributed by atoms with van der Waals surface area (Å²) in [5.41, 5.74) is 7.42. The van der Waals surface area contributed by atoms with Crippen LogP contribution in [0.25, 0.3) is 5.52 Å². The summed E-state index contributed by atoms with van der Waals surface area (Å²) in [6.45, 7) is 5.94. The molecule has 2 atom stereocenters. The van der Waals surface area contributed by atoms with E-state index in [2.05, 4.69) is 15.3 Å². The number of halogens is 3. The van der Waals surface area contributed by atoms with Crippen LogP contribution in [-0.4, -0.2) is 32.9 Å². The number of anilines is 1. The van der Waals surface area contributed by atoms with E-state index < -0.39 is 5.82 Å². The first kappa shape index (κ1) is 21.6. The second kappa shape index (κ2) is 8.16. The van der Waals surface area contributed by atoms with Crippen molar-refractivity contribution < 1.29 is 13.9 Å². The number of nitrogen functional groups attached to an aromatic ring is 1. The number of nitrogens with two attached hydrogens (primary N) is 1. The van der Waals surface area contributed by atoms with E-state index in [1.807, 2.05) is 20.8 Å². The van der Waals surface area contributed by atoms with E-state index in [9.17, 15) is 4.79 Å². The van der Waals surface area contributed by atoms with Gasteiger partial charge in [-0.2, -0.15) is 0 Å². The van der Waals surface area contributed by atoms with Gasteiger partial charge in [0.2, 0.25) is 5.91 Å². The molecule has 0 radical (unpaired) electrons. The van der Waals surface area contributed by atoms with Crippen LogP contribution in [0.1, 0.15) is 56.0 Å². The van der Waals surface area contributed by atoms with Gasteiger partial charge < -0.3 is 15.8 Å². The first-order valence-electron chi connectivity index (χ1n) is 9.92. The van der Waals surface area contributed by atoms with Crippen LogP contribution in [-0.2, 0) is 4.79 Å². The van der Waals surface area contributed by atoms with Gasteiger partial charge in [-0.15, -0.1) is 0 Å². The Morgan fingerprint density at radius 3 is 2.74 bits per heavy atom. The van der Waals surface area contributed by atoms with E-state index in [0.717, 1.165) is 0 Å². The molecule has 1 aliphatic rings. The van der Waals surface area contributed by atoms with Gasteiger partial charge in [-0.1, -0.05) is 30.1 Å². The maximum Gasteiger partial charge on any atom is 0.220 e. The number of nitrogens with one attached hydrogen (secondary N) is 1. The number of nitrogens with zero attached hydrogens (tertiary/aromatic N) is 3. The van der Waals surface area contributed by atoms with Gasteiger partial charge in [0.1, 0.15) is 22.9 Å². The van der Waals surface area contributed by atoms with Gasteiger partial charge in [0.25, 0.3) is 0 Å². The van der Waals surface area contributed by atoms with E-state index in [0.29, 0.717) is 34.8 Å². The molecule has 164 valence electrons. The highest BCUT2D eigenvalue weighted by Gasteiger charge is 2.33. The third-order valence-corrected chi connectivity index (χ3v) is 5.93. The first-order chi connectivity index (χ1) is 14.7. The zero-order valence-electron chi connectivity index (χ0n) is 17.2. The van der Waals surface area contributed by atoms with Crippen molar-refractivity contribution in [1.29, 1.82) is 0 Å². The minimum atomic E-state index is -0.575. The Bertz CT molecular complexity index is 1180. The molecule has 0 bridgehead atoms. The molecule has 1 amide bonds. The van der Waals surface area contributed by atoms with E-state index >= 15 is 4.39 Å². The summed E-state index contributed by atoms with van der Waals surface area (Å²) in [5, 5.41) is 2.93. The molecular formula is C21H22Cl2FN5O2. The number of rotatable bonds is 5. The molecule has 1 aromatic carbocycles. The van der Waals surface area contributed by atoms with Crippen molar-refractivity contribution in [2.24, 2.45) is 0 Å². The molecule has 10 heteroatoms. The predicted molar refractivity (Wildman–Crippen MR) is 117 cm³/mol. The van der Waals surface area contributed by atoms with E-state index in [-0.39, 0.29) is 46.3 Å². The van der Waals surface area contributed by atoms with Gasteiger partial charge in [0, 0.05) is 48.3 Å². The van der Waals surface area contributed by atoms with Gasteiger partial charge in [0.15, 0.2) is 11.0 Å². The lowest BCUT2D eigenvalue weighted by atomic mass is 9.89. The largest absolute Gasteiger partial charge is 0.490 e. The fraction of sp³-hybridized carbons (Fsp3) is 0.381. The summed E-state index contributed by atoms with van der Waals surface area (Å²) < 4.78 is 23.1. The van der Waals surface area contributed by atoms with Crippen LogP contribution in [0.4, 0.5) is 10.2 Å². The second-order valence-corrected chi connectivity index (χ2v) is 8.65. The summed E-state index contributed by atoms with van der Waals surface area (Å²) in [6.07, 6.45) is 3.21. The van der Waals surface area contributed by atoms with Gasteiger partial charge in [0.05, 0.1) is 11.1 Å². The highest BCUT2D eigenvalue weighted by atomic mass is 35.5. The lowest BCUT2D eigenvalue weighted by molar-refractivity contribution is -0.119. The molecule has 0 saturated carbocycles. The third-order valence-electron chi connectivity index (χ3n) is 5.40. The van der Waals surface area contributed by atoms with Crippen LogP contribution in [0.2, 0.25) is 10.2 Å². The number of benzene rings is 1. The monoisotopic (exact) mass is 465 g/mol. The number of fused-ring (bicyclic) bond motifs is 1. The molecule has 7 nitrogen and oxygen atoms in total. The molecule has 1 fully saturated rings. The number of ether oxygens (including phenoxy) is 1. The van der Waals surface area contributed by atoms with Gasteiger partial charge in [-0.05, 0) is 19.9 Å². The minimum absolute atomic E-state index is 0.0413. The third kappa shape index (κ3) is 3.78. The van der Waals surface area contributed by atoms with Crippen molar-refractivity contribution in [3.05, 3.63) is 51.4 Å². The molecule has 1 aliphatic heterocycles. The minimum Gasteiger partial charge on any atom is -0.490 e. The molecule has 2 aromatic heterocycles. The summed E-state index contributed by atoms with van der Waals surface area (Å²) in [7, 11) is 0. The summed E-state index contributed by atoms with van der Waals surface area (Å²) >= 11 is 12.6. The summed E-state index contributed by atoms with van der Waals surface area (Å²) in [4.78, 5) is 20.4. The molecule has 4 rings (SSSR count). The van der Waals surface area contributed by atoms with Crippen LogP contribution in [0.15, 0.2) is 18.5 Å². The number of hydrogen-bond donors (Lipinski definition) is 2. The maximum absolute atomic E-state index is 15.2. The molecule has 3 heterocycles. The number of amides is 1. The molecule has 3 aromatic rings. The first-order valence-corrected chi connectivity index (χ1v) is 10.7. The van der Waals surface area contributed by atoms with Gasteiger partial charge in [-0.25, -0.2) is 14.4 Å². The number of carbonyl (C=O) groups excluding carboxylic acids is 1. The van der Waals surface area contributed by atoms with Gasteiger partial charge >= 0.3 is 0 Å². The Morgan fingerprint density at radius 2 is 2.10 bits per heavy atom. The molecule has 31 heavy (non-hydrogen) atoms. The Labute approximate surface area is 188 Å². The van der Waals surface area contributed by atoms with E-state index in [1.54, 1.807) is 22.9 Å². The second-order valence-electron chi connectivity index (χ2n) is 7.89. The van der Waals surface area contributed by atoms with Crippen LogP contribution in [0, 0.1) is 5.82 Å². The number of carbonyl (C=O) groups is 1. The highest BCUT2D eigenvalue weighted by Crippen LogP contribution is 2.44. The average molecular weight is 466 g/mol. The standard InChI is InChI=1S/C21H22Cl2FN5O2/c1-9(2)31-18-12(7-13(22)16(24)15(18)11-6-14(30)27-8-11)10(3)21-28-19(23)17-20(25)26-4-5-29(17)21/h4-5,7,9-11H,6,8H2,1-3H3,(H2,25,26)(H,27,30)/t10-,11?/m1/s1. The van der Waals surface area contributed by atoms with Crippen molar-refractivity contribution in [3.63, 3.8) is 0 Å². The fourth-order valence-electron chi connectivity index (χ4n) is 4.00. The molecule has 0 aliphatic carbocycles. The number of aromatic nitrogens is 3. The van der Waals surface area contributed by atoms with Crippen LogP contribution in [0.5, 0.6) is 5.75 Å². The molecule has 1 unspecified atom stereocenters. The normalized spacial score (nSPS) is 17.4. The zero-order chi connectivity index (χ0) is 22.4. The average Bonchev–Trinajstić information content (AvgIpc) is 3.28. The molecule has 3 N–H and O–H groups in total. The topological polar surface area (TPSA) is 94.5 Å². The zero-order valence-corrected chi connectivity index (χ0v) is 18.8. The van der Waals surface area contributed by atoms with Crippen molar-refractivity contribution >= 4 is 40.4 Å². The quantitative estimate of drug-likeness (QED) is 0.585. The Kier molecular flexibility index (Phi) is 5.70. The smallest absolute Gasteiger partial charge is 0.220 e. The lowest BCUT2D eigenvalue weighted by Crippen LogP contribution is -2.17. The molecule has 1 saturated heterocycles. The maximum atomic E-state index is 15.2. The van der Waals surface area contributed by atoms with Crippen molar-refractivity contribution in [1.82, 2.24) is 19.7 Å². The molecule has 0 spiro atoms. The van der Waals surface area contributed by atoms with Crippen molar-refractivity contribution in [2.45, 2.75) is 45.1 Å². The van der Waals surface area contributed by atoms with Crippen LogP contribution in [0.3, 0.4) is 0 Å². The van der Waals surface area contributed by atoms with E-state index in [1.165, 1.54) is 0 Å². The summed E-state index contributed by atoms with van der Waals surface area (Å²) in [5.74, 6) is -0.259. The van der Waals surface area contributed by atoms with Gasteiger partial charge in [-0.3, -0.25) is 9.20 Å². The van der Waals surface area contributed by atoms with Crippen molar-refractivity contribution in [2.75, 3.05) is 12.3 Å². The van der Waals surface area contributed by atoms with E-state index in [4.69, 9.17) is 33.7 Å². The van der Waals surface area contributed by atoms with Crippen molar-refractivity contribution in [3.8, 4) is 5.75 Å². The number of hydrogen-bond acceptors (Lipinski definition) is 5. The summed E-state index contributed by atoms with van der Waals surface area (Å²) in [6, 6.07) is 1.55. The van der Waals surface area contributed by atoms with Crippen LogP contribution >= 0.6 is 23.2 Å². The molecular weight excluding hydrogens is 444 g/mol. The Balaban J connectivity index is 1.93. The Morgan fingerprint density at radius 1 is 1.35 bits per heavy atom. The van der Waals surface area contributed by atoms with Crippen LogP contribution < -0.4 is 15.8 Å². The lowest BCUT2D eigenvalue weighted by Gasteiger charge is -2.24. The SMILES string of the molecule is CC(C)Oc1c([C@@H](C)c2nc(Cl)c3c(N)nccn23)cc(Cl)c(F)c1C1CNC(=O)C1. The Hall–Kier alpha value is -2.58.